The first-order chi connectivity index (χ1) is 13.6. The van der Waals surface area contributed by atoms with Crippen molar-refractivity contribution in [1.82, 2.24) is 9.55 Å². The van der Waals surface area contributed by atoms with E-state index in [1.54, 1.807) is 0 Å². The number of ether oxygens (including phenoxy) is 1. The van der Waals surface area contributed by atoms with Crippen molar-refractivity contribution in [3.8, 4) is 5.75 Å². The SMILES string of the molecule is Cc1ccc(C(=O)c2cccn2Cc2cnc3ccc(OCN)cc3c2)cc1. The molecule has 0 unspecified atom stereocenters. The topological polar surface area (TPSA) is 70.1 Å². The molecule has 2 N–H and O–H groups in total. The molecule has 2 heterocycles. The summed E-state index contributed by atoms with van der Waals surface area (Å²) in [5.41, 5.74) is 9.82. The average Bonchev–Trinajstić information content (AvgIpc) is 3.16. The molecule has 0 bridgehead atoms. The van der Waals surface area contributed by atoms with Crippen molar-refractivity contribution in [3.05, 3.63) is 95.4 Å². The van der Waals surface area contributed by atoms with Gasteiger partial charge in [-0.3, -0.25) is 15.5 Å². The highest BCUT2D eigenvalue weighted by molar-refractivity contribution is 6.08. The van der Waals surface area contributed by atoms with Crippen LogP contribution in [0.1, 0.15) is 27.2 Å². The summed E-state index contributed by atoms with van der Waals surface area (Å²) in [5.74, 6) is 0.725. The molecule has 0 saturated heterocycles. The van der Waals surface area contributed by atoms with E-state index < -0.39 is 0 Å². The zero-order valence-corrected chi connectivity index (χ0v) is 15.6. The highest BCUT2D eigenvalue weighted by Crippen LogP contribution is 2.21. The highest BCUT2D eigenvalue weighted by atomic mass is 16.5. The van der Waals surface area contributed by atoms with Crippen LogP contribution in [0.5, 0.6) is 5.75 Å². The zero-order chi connectivity index (χ0) is 19.5. The van der Waals surface area contributed by atoms with E-state index in [0.717, 1.165) is 22.0 Å². The lowest BCUT2D eigenvalue weighted by Gasteiger charge is -2.10. The number of carbonyl (C=O) groups excluding carboxylic acids is 1. The lowest BCUT2D eigenvalue weighted by Crippen LogP contribution is -2.10. The summed E-state index contributed by atoms with van der Waals surface area (Å²) >= 11 is 0. The smallest absolute Gasteiger partial charge is 0.209 e. The molecular formula is C23H21N3O2. The van der Waals surface area contributed by atoms with Crippen LogP contribution >= 0.6 is 0 Å². The molecule has 28 heavy (non-hydrogen) atoms. The molecule has 0 amide bonds. The molecule has 0 saturated carbocycles. The Kier molecular flexibility index (Phi) is 4.91. The van der Waals surface area contributed by atoms with Crippen LogP contribution in [0.25, 0.3) is 10.9 Å². The number of aryl methyl sites for hydroxylation is 1. The number of nitrogens with zero attached hydrogens (tertiary/aromatic N) is 2. The summed E-state index contributed by atoms with van der Waals surface area (Å²) in [4.78, 5) is 17.4. The lowest BCUT2D eigenvalue weighted by atomic mass is 10.1. The van der Waals surface area contributed by atoms with Gasteiger partial charge in [-0.2, -0.15) is 0 Å². The second-order valence-electron chi connectivity index (χ2n) is 6.73. The Morgan fingerprint density at radius 3 is 2.71 bits per heavy atom. The van der Waals surface area contributed by atoms with Gasteiger partial charge >= 0.3 is 0 Å². The largest absolute Gasteiger partial charge is 0.479 e. The molecule has 0 aliphatic carbocycles. The van der Waals surface area contributed by atoms with E-state index in [2.05, 4.69) is 11.1 Å². The van der Waals surface area contributed by atoms with Crippen molar-refractivity contribution in [3.63, 3.8) is 0 Å². The first kappa shape index (κ1) is 17.9. The molecule has 4 aromatic rings. The normalized spacial score (nSPS) is 10.9. The Morgan fingerprint density at radius 2 is 1.93 bits per heavy atom. The molecule has 0 aliphatic rings. The number of hydrogen-bond donors (Lipinski definition) is 1. The molecule has 0 aliphatic heterocycles. The molecule has 0 fully saturated rings. The summed E-state index contributed by atoms with van der Waals surface area (Å²) in [6, 6.07) is 19.1. The van der Waals surface area contributed by atoms with Crippen LogP contribution in [0, 0.1) is 6.92 Å². The molecule has 0 atom stereocenters. The number of aromatic nitrogens is 2. The Balaban J connectivity index is 1.62. The zero-order valence-electron chi connectivity index (χ0n) is 15.6. The fourth-order valence-electron chi connectivity index (χ4n) is 3.24. The van der Waals surface area contributed by atoms with E-state index in [1.165, 1.54) is 0 Å². The van der Waals surface area contributed by atoms with E-state index in [0.29, 0.717) is 23.6 Å². The third kappa shape index (κ3) is 3.66. The first-order valence-electron chi connectivity index (χ1n) is 9.12. The molecule has 5 heteroatoms. The molecule has 4 rings (SSSR count). The van der Waals surface area contributed by atoms with Gasteiger partial charge in [0.25, 0.3) is 0 Å². The maximum Gasteiger partial charge on any atom is 0.209 e. The monoisotopic (exact) mass is 371 g/mol. The Bertz CT molecular complexity index is 1130. The molecule has 140 valence electrons. The highest BCUT2D eigenvalue weighted by Gasteiger charge is 2.13. The minimum Gasteiger partial charge on any atom is -0.479 e. The fraction of sp³-hybridized carbons (Fsp3) is 0.130. The van der Waals surface area contributed by atoms with Gasteiger partial charge in [0, 0.05) is 29.9 Å². The Morgan fingerprint density at radius 1 is 1.11 bits per heavy atom. The van der Waals surface area contributed by atoms with Crippen molar-refractivity contribution < 1.29 is 9.53 Å². The minimum atomic E-state index is 0.0115. The molecule has 0 spiro atoms. The number of hydrogen-bond acceptors (Lipinski definition) is 4. The summed E-state index contributed by atoms with van der Waals surface area (Å²) in [5, 5.41) is 0.974. The molecular weight excluding hydrogens is 350 g/mol. The third-order valence-electron chi connectivity index (χ3n) is 4.69. The predicted molar refractivity (Wildman–Crippen MR) is 110 cm³/mol. The maximum atomic E-state index is 12.9. The van der Waals surface area contributed by atoms with E-state index >= 15 is 0 Å². The fourth-order valence-corrected chi connectivity index (χ4v) is 3.24. The van der Waals surface area contributed by atoms with E-state index in [1.807, 2.05) is 78.5 Å². The number of nitrogens with two attached hydrogens (primary N) is 1. The summed E-state index contributed by atoms with van der Waals surface area (Å²) in [7, 11) is 0. The van der Waals surface area contributed by atoms with Gasteiger partial charge in [-0.25, -0.2) is 0 Å². The van der Waals surface area contributed by atoms with Crippen LogP contribution in [-0.4, -0.2) is 22.1 Å². The average molecular weight is 371 g/mol. The minimum absolute atomic E-state index is 0.0115. The van der Waals surface area contributed by atoms with Crippen LogP contribution in [0.3, 0.4) is 0 Å². The maximum absolute atomic E-state index is 12.9. The van der Waals surface area contributed by atoms with Crippen LogP contribution in [0.4, 0.5) is 0 Å². The number of pyridine rings is 1. The van der Waals surface area contributed by atoms with Gasteiger partial charge in [0.15, 0.2) is 0 Å². The van der Waals surface area contributed by atoms with E-state index in [9.17, 15) is 4.79 Å². The predicted octanol–water partition coefficient (Wildman–Crippen LogP) is 3.92. The number of fused-ring (bicyclic) bond motifs is 1. The quantitative estimate of drug-likeness (QED) is 0.412. The van der Waals surface area contributed by atoms with Crippen molar-refractivity contribution in [2.24, 2.45) is 5.73 Å². The van der Waals surface area contributed by atoms with Gasteiger partial charge in [0.1, 0.15) is 12.5 Å². The third-order valence-corrected chi connectivity index (χ3v) is 4.69. The Labute approximate surface area is 163 Å². The van der Waals surface area contributed by atoms with Crippen molar-refractivity contribution in [1.29, 1.82) is 0 Å². The molecule has 5 nitrogen and oxygen atoms in total. The number of carbonyl (C=O) groups is 1. The summed E-state index contributed by atoms with van der Waals surface area (Å²) in [6.07, 6.45) is 3.76. The number of ketones is 1. The van der Waals surface area contributed by atoms with Gasteiger partial charge in [0.05, 0.1) is 11.2 Å². The summed E-state index contributed by atoms with van der Waals surface area (Å²) in [6.45, 7) is 2.70. The first-order valence-corrected chi connectivity index (χ1v) is 9.12. The second-order valence-corrected chi connectivity index (χ2v) is 6.73. The van der Waals surface area contributed by atoms with Gasteiger partial charge in [-0.15, -0.1) is 0 Å². The van der Waals surface area contributed by atoms with Crippen LogP contribution in [-0.2, 0) is 6.54 Å². The van der Waals surface area contributed by atoms with Gasteiger partial charge in [-0.1, -0.05) is 29.8 Å². The molecule has 0 radical (unpaired) electrons. The van der Waals surface area contributed by atoms with E-state index in [4.69, 9.17) is 10.5 Å². The second kappa shape index (κ2) is 7.66. The van der Waals surface area contributed by atoms with Crippen molar-refractivity contribution >= 4 is 16.7 Å². The van der Waals surface area contributed by atoms with Gasteiger partial charge < -0.3 is 9.30 Å². The van der Waals surface area contributed by atoms with E-state index in [-0.39, 0.29) is 12.5 Å². The van der Waals surface area contributed by atoms with Crippen molar-refractivity contribution in [2.45, 2.75) is 13.5 Å². The van der Waals surface area contributed by atoms with Crippen LogP contribution < -0.4 is 10.5 Å². The van der Waals surface area contributed by atoms with Crippen LogP contribution in [0.15, 0.2) is 73.1 Å². The Hall–Kier alpha value is -3.44. The van der Waals surface area contributed by atoms with Crippen LogP contribution in [0.2, 0.25) is 0 Å². The lowest BCUT2D eigenvalue weighted by molar-refractivity contribution is 0.103. The molecule has 2 aromatic carbocycles. The van der Waals surface area contributed by atoms with Gasteiger partial charge in [0.2, 0.25) is 5.78 Å². The summed E-state index contributed by atoms with van der Waals surface area (Å²) < 4.78 is 7.32. The standard InChI is InChI=1S/C23H21N3O2/c1-16-4-6-18(7-5-16)23(27)22-3-2-10-26(22)14-17-11-19-12-20(28-15-24)8-9-21(19)25-13-17/h2-13H,14-15,24H2,1H3. The molecule has 2 aromatic heterocycles. The number of rotatable bonds is 6. The van der Waals surface area contributed by atoms with Crippen molar-refractivity contribution in [2.75, 3.05) is 6.73 Å². The number of benzene rings is 2. The van der Waals surface area contributed by atoms with Gasteiger partial charge in [-0.05, 0) is 48.9 Å².